The molecule has 1 fully saturated rings. The largest absolute Gasteiger partial charge is 0.497 e. The molecule has 1 N–H and O–H groups in total. The van der Waals surface area contributed by atoms with Gasteiger partial charge < -0.3 is 15.0 Å². The lowest BCUT2D eigenvalue weighted by atomic mass is 9.78. The van der Waals surface area contributed by atoms with Gasteiger partial charge in [-0.1, -0.05) is 19.1 Å². The zero-order valence-corrected chi connectivity index (χ0v) is 13.9. The molecule has 0 heterocycles. The van der Waals surface area contributed by atoms with Crippen molar-refractivity contribution in [3.63, 3.8) is 0 Å². The van der Waals surface area contributed by atoms with Gasteiger partial charge in [0.15, 0.2) is 0 Å². The normalized spacial score (nSPS) is 26.0. The average molecular weight is 290 g/mol. The highest BCUT2D eigenvalue weighted by Crippen LogP contribution is 2.29. The van der Waals surface area contributed by atoms with Crippen LogP contribution in [0.25, 0.3) is 0 Å². The second kappa shape index (κ2) is 7.81. The van der Waals surface area contributed by atoms with Gasteiger partial charge in [0.2, 0.25) is 0 Å². The van der Waals surface area contributed by atoms with E-state index in [0.29, 0.717) is 6.04 Å². The third-order valence-corrected chi connectivity index (χ3v) is 4.75. The van der Waals surface area contributed by atoms with Crippen LogP contribution in [0.4, 0.5) is 0 Å². The molecule has 2 rings (SSSR count). The minimum absolute atomic E-state index is 0.675. The van der Waals surface area contributed by atoms with Crippen molar-refractivity contribution >= 4 is 0 Å². The van der Waals surface area contributed by atoms with Crippen molar-refractivity contribution in [2.24, 2.45) is 11.8 Å². The van der Waals surface area contributed by atoms with Gasteiger partial charge in [-0.15, -0.1) is 0 Å². The molecule has 3 heteroatoms. The Labute approximate surface area is 129 Å². The highest BCUT2D eigenvalue weighted by Gasteiger charge is 2.28. The molecule has 21 heavy (non-hydrogen) atoms. The SMILES string of the molecule is CNC1CCC(C)CC1CN(C)Cc1cccc(OC)c1. The molecule has 118 valence electrons. The molecule has 1 aliphatic carbocycles. The van der Waals surface area contributed by atoms with Crippen LogP contribution in [0.5, 0.6) is 5.75 Å². The van der Waals surface area contributed by atoms with Gasteiger partial charge in [0.1, 0.15) is 5.75 Å². The van der Waals surface area contributed by atoms with E-state index < -0.39 is 0 Å². The van der Waals surface area contributed by atoms with Crippen molar-refractivity contribution in [1.82, 2.24) is 10.2 Å². The lowest BCUT2D eigenvalue weighted by Crippen LogP contribution is -2.43. The first kappa shape index (κ1) is 16.3. The lowest BCUT2D eigenvalue weighted by Gasteiger charge is -2.37. The topological polar surface area (TPSA) is 24.5 Å². The van der Waals surface area contributed by atoms with Gasteiger partial charge >= 0.3 is 0 Å². The minimum Gasteiger partial charge on any atom is -0.497 e. The Morgan fingerprint density at radius 1 is 1.33 bits per heavy atom. The van der Waals surface area contributed by atoms with Gasteiger partial charge in [-0.2, -0.15) is 0 Å². The van der Waals surface area contributed by atoms with E-state index in [4.69, 9.17) is 4.74 Å². The fraction of sp³-hybridized carbons (Fsp3) is 0.667. The number of nitrogens with zero attached hydrogens (tertiary/aromatic N) is 1. The molecule has 0 radical (unpaired) electrons. The maximum absolute atomic E-state index is 5.31. The molecule has 3 atom stereocenters. The second-order valence-electron chi connectivity index (χ2n) is 6.62. The van der Waals surface area contributed by atoms with Gasteiger partial charge in [0.25, 0.3) is 0 Å². The number of methoxy groups -OCH3 is 1. The van der Waals surface area contributed by atoms with Crippen LogP contribution in [0.2, 0.25) is 0 Å². The third kappa shape index (κ3) is 4.72. The summed E-state index contributed by atoms with van der Waals surface area (Å²) >= 11 is 0. The number of benzene rings is 1. The molecule has 1 aromatic carbocycles. The van der Waals surface area contributed by atoms with E-state index in [1.807, 2.05) is 6.07 Å². The molecule has 0 spiro atoms. The van der Waals surface area contributed by atoms with Crippen molar-refractivity contribution in [2.75, 3.05) is 27.7 Å². The Morgan fingerprint density at radius 3 is 2.86 bits per heavy atom. The van der Waals surface area contributed by atoms with Gasteiger partial charge in [0.05, 0.1) is 7.11 Å². The molecular weight excluding hydrogens is 260 g/mol. The molecule has 1 aromatic rings. The van der Waals surface area contributed by atoms with Crippen LogP contribution in [0.3, 0.4) is 0 Å². The van der Waals surface area contributed by atoms with Crippen LogP contribution in [0, 0.1) is 11.8 Å². The van der Waals surface area contributed by atoms with Gasteiger partial charge in [-0.05, 0) is 62.9 Å². The summed E-state index contributed by atoms with van der Waals surface area (Å²) in [6.45, 7) is 4.53. The Balaban J connectivity index is 1.91. The molecule has 0 aromatic heterocycles. The maximum Gasteiger partial charge on any atom is 0.119 e. The summed E-state index contributed by atoms with van der Waals surface area (Å²) in [6, 6.07) is 9.06. The van der Waals surface area contributed by atoms with Crippen LogP contribution in [-0.4, -0.2) is 38.7 Å². The highest BCUT2D eigenvalue weighted by atomic mass is 16.5. The predicted molar refractivity (Wildman–Crippen MR) is 88.7 cm³/mol. The van der Waals surface area contributed by atoms with Crippen molar-refractivity contribution in [3.8, 4) is 5.75 Å². The lowest BCUT2D eigenvalue weighted by molar-refractivity contribution is 0.162. The number of hydrogen-bond acceptors (Lipinski definition) is 3. The smallest absolute Gasteiger partial charge is 0.119 e. The molecule has 1 aliphatic rings. The minimum atomic E-state index is 0.675. The van der Waals surface area contributed by atoms with Crippen LogP contribution < -0.4 is 10.1 Å². The first-order valence-electron chi connectivity index (χ1n) is 8.11. The van der Waals surface area contributed by atoms with Gasteiger partial charge in [0, 0.05) is 19.1 Å². The van der Waals surface area contributed by atoms with Gasteiger partial charge in [-0.3, -0.25) is 0 Å². The van der Waals surface area contributed by atoms with Crippen LogP contribution >= 0.6 is 0 Å². The Bertz CT molecular complexity index is 435. The fourth-order valence-corrected chi connectivity index (χ4v) is 3.63. The molecule has 0 aliphatic heterocycles. The van der Waals surface area contributed by atoms with E-state index >= 15 is 0 Å². The summed E-state index contributed by atoms with van der Waals surface area (Å²) in [6.07, 6.45) is 4.02. The molecular formula is C18H30N2O. The van der Waals surface area contributed by atoms with Crippen LogP contribution in [0.15, 0.2) is 24.3 Å². The molecule has 3 nitrogen and oxygen atoms in total. The quantitative estimate of drug-likeness (QED) is 0.871. The first-order chi connectivity index (χ1) is 10.1. The highest BCUT2D eigenvalue weighted by molar-refractivity contribution is 5.28. The van der Waals surface area contributed by atoms with E-state index in [-0.39, 0.29) is 0 Å². The van der Waals surface area contributed by atoms with E-state index in [2.05, 4.69) is 49.4 Å². The third-order valence-electron chi connectivity index (χ3n) is 4.75. The Hall–Kier alpha value is -1.06. The van der Waals surface area contributed by atoms with Crippen LogP contribution in [0.1, 0.15) is 31.7 Å². The van der Waals surface area contributed by atoms with Gasteiger partial charge in [-0.25, -0.2) is 0 Å². The molecule has 1 saturated carbocycles. The van der Waals surface area contributed by atoms with E-state index in [1.165, 1.54) is 24.8 Å². The fourth-order valence-electron chi connectivity index (χ4n) is 3.63. The van der Waals surface area contributed by atoms with E-state index in [0.717, 1.165) is 30.7 Å². The van der Waals surface area contributed by atoms with Crippen LogP contribution in [-0.2, 0) is 6.54 Å². The summed E-state index contributed by atoms with van der Waals surface area (Å²) in [5.41, 5.74) is 1.32. The van der Waals surface area contributed by atoms with Crippen molar-refractivity contribution < 1.29 is 4.74 Å². The average Bonchev–Trinajstić information content (AvgIpc) is 2.47. The Kier molecular flexibility index (Phi) is 6.07. The summed E-state index contributed by atoms with van der Waals surface area (Å²) in [4.78, 5) is 2.45. The van der Waals surface area contributed by atoms with E-state index in [9.17, 15) is 0 Å². The number of nitrogens with one attached hydrogen (secondary N) is 1. The molecule has 3 unspecified atom stereocenters. The summed E-state index contributed by atoms with van der Waals surface area (Å²) < 4.78 is 5.31. The Morgan fingerprint density at radius 2 is 2.14 bits per heavy atom. The molecule has 0 saturated heterocycles. The number of ether oxygens (including phenoxy) is 1. The zero-order chi connectivity index (χ0) is 15.2. The van der Waals surface area contributed by atoms with Crippen molar-refractivity contribution in [2.45, 2.75) is 38.8 Å². The molecule has 0 bridgehead atoms. The summed E-state index contributed by atoms with van der Waals surface area (Å²) in [5.74, 6) is 2.57. The monoisotopic (exact) mass is 290 g/mol. The number of hydrogen-bond donors (Lipinski definition) is 1. The first-order valence-corrected chi connectivity index (χ1v) is 8.11. The zero-order valence-electron chi connectivity index (χ0n) is 13.9. The van der Waals surface area contributed by atoms with Crippen molar-refractivity contribution in [3.05, 3.63) is 29.8 Å². The summed E-state index contributed by atoms with van der Waals surface area (Å²) in [5, 5.41) is 3.52. The second-order valence-corrected chi connectivity index (χ2v) is 6.62. The van der Waals surface area contributed by atoms with E-state index in [1.54, 1.807) is 7.11 Å². The standard InChI is InChI=1S/C18H30N2O/c1-14-8-9-18(19-2)16(10-14)13-20(3)12-15-6-5-7-17(11-15)21-4/h5-7,11,14,16,18-19H,8-10,12-13H2,1-4H3. The molecule has 0 amide bonds. The maximum atomic E-state index is 5.31. The number of rotatable bonds is 6. The van der Waals surface area contributed by atoms with Crippen molar-refractivity contribution in [1.29, 1.82) is 0 Å². The summed E-state index contributed by atoms with van der Waals surface area (Å²) in [7, 11) is 6.06. The predicted octanol–water partition coefficient (Wildman–Crippen LogP) is 3.15.